The molecule has 0 bridgehead atoms. The molecule has 4 aromatic rings. The topological polar surface area (TPSA) is 118 Å². The van der Waals surface area contributed by atoms with Crippen molar-refractivity contribution in [3.8, 4) is 11.3 Å². The molecule has 2 N–H and O–H groups in total. The molecule has 0 saturated heterocycles. The van der Waals surface area contributed by atoms with Gasteiger partial charge in [-0.25, -0.2) is 4.68 Å². The number of carbonyl (C=O) groups is 1. The van der Waals surface area contributed by atoms with Crippen molar-refractivity contribution in [1.82, 2.24) is 35.4 Å². The van der Waals surface area contributed by atoms with Gasteiger partial charge in [0.05, 0.1) is 17.1 Å². The monoisotopic (exact) mass is 415 g/mol. The minimum absolute atomic E-state index is 0.192. The van der Waals surface area contributed by atoms with Crippen LogP contribution in [-0.4, -0.2) is 48.3 Å². The van der Waals surface area contributed by atoms with Crippen LogP contribution in [0.4, 0.5) is 11.6 Å². The van der Waals surface area contributed by atoms with E-state index in [1.54, 1.807) is 10.9 Å². The van der Waals surface area contributed by atoms with Crippen molar-refractivity contribution in [2.24, 2.45) is 0 Å². The summed E-state index contributed by atoms with van der Waals surface area (Å²) in [4.78, 5) is 19.3. The van der Waals surface area contributed by atoms with Crippen LogP contribution in [0, 0.1) is 6.92 Å². The van der Waals surface area contributed by atoms with Crippen LogP contribution in [0.5, 0.6) is 0 Å². The van der Waals surface area contributed by atoms with Crippen LogP contribution in [0.3, 0.4) is 0 Å². The van der Waals surface area contributed by atoms with Gasteiger partial charge >= 0.3 is 0 Å². The second-order valence-electron chi connectivity index (χ2n) is 7.63. The van der Waals surface area contributed by atoms with Gasteiger partial charge in [-0.05, 0) is 61.5 Å². The first-order valence-electron chi connectivity index (χ1n) is 9.89. The number of H-pyrrole nitrogens is 1. The number of anilines is 2. The van der Waals surface area contributed by atoms with Crippen LogP contribution >= 0.6 is 0 Å². The second kappa shape index (κ2) is 7.01. The van der Waals surface area contributed by atoms with Crippen molar-refractivity contribution in [3.05, 3.63) is 53.5 Å². The largest absolute Gasteiger partial charge is 0.322 e. The third-order valence-corrected chi connectivity index (χ3v) is 5.69. The molecule has 4 heterocycles. The van der Waals surface area contributed by atoms with Crippen molar-refractivity contribution < 1.29 is 4.79 Å². The van der Waals surface area contributed by atoms with E-state index < -0.39 is 0 Å². The van der Waals surface area contributed by atoms with Crippen molar-refractivity contribution in [3.63, 3.8) is 0 Å². The average molecular weight is 415 g/mol. The van der Waals surface area contributed by atoms with E-state index in [0.29, 0.717) is 17.2 Å². The Morgan fingerprint density at radius 2 is 2.03 bits per heavy atom. The number of aryl methyl sites for hydroxylation is 1. The van der Waals surface area contributed by atoms with E-state index in [1.807, 2.05) is 63.1 Å². The number of tetrazole rings is 1. The molecule has 10 heteroatoms. The molecule has 0 fully saturated rings. The van der Waals surface area contributed by atoms with Crippen LogP contribution in [0.2, 0.25) is 0 Å². The Balaban J connectivity index is 1.49. The average Bonchev–Trinajstić information content (AvgIpc) is 3.39. The summed E-state index contributed by atoms with van der Waals surface area (Å²) in [6.45, 7) is 5.75. The van der Waals surface area contributed by atoms with Gasteiger partial charge in [0, 0.05) is 41.3 Å². The quantitative estimate of drug-likeness (QED) is 0.528. The lowest BCUT2D eigenvalue weighted by Crippen LogP contribution is -2.34. The van der Waals surface area contributed by atoms with E-state index in [2.05, 4.69) is 36.0 Å². The first-order valence-corrected chi connectivity index (χ1v) is 9.89. The van der Waals surface area contributed by atoms with Crippen LogP contribution in [0.15, 0.2) is 47.8 Å². The SMILES string of the molecule is CC1=C(C(=O)Nc2ccc3[nH]nc(-c4ccnc(C)c4)c3c2)[C@@H](C)n2nnnc2N1C. The lowest BCUT2D eigenvalue weighted by Gasteiger charge is -2.30. The predicted molar refractivity (Wildman–Crippen MR) is 116 cm³/mol. The lowest BCUT2D eigenvalue weighted by molar-refractivity contribution is -0.113. The molecular formula is C21H21N9O. The van der Waals surface area contributed by atoms with Crippen LogP contribution in [-0.2, 0) is 4.79 Å². The van der Waals surface area contributed by atoms with Gasteiger partial charge in [0.1, 0.15) is 5.69 Å². The Bertz CT molecular complexity index is 1350. The summed E-state index contributed by atoms with van der Waals surface area (Å²) in [7, 11) is 1.84. The summed E-state index contributed by atoms with van der Waals surface area (Å²) in [6.07, 6.45) is 1.76. The maximum Gasteiger partial charge on any atom is 0.255 e. The number of nitrogens with zero attached hydrogens (tertiary/aromatic N) is 7. The number of rotatable bonds is 3. The standard InChI is InChI=1S/C21H21N9O/c1-11-9-14(7-8-22-11)19-16-10-15(5-6-17(16)24-25-19)23-20(31)18-12(2)29(4)21-26-27-28-30(21)13(18)3/h5-10,13H,1-4H3,(H,23,31)(H,24,25)/t13-/m1/s1. The smallest absolute Gasteiger partial charge is 0.255 e. The number of pyridine rings is 1. The summed E-state index contributed by atoms with van der Waals surface area (Å²) in [5.74, 6) is 0.417. The normalized spacial score (nSPS) is 16.0. The van der Waals surface area contributed by atoms with Crippen LogP contribution < -0.4 is 10.2 Å². The number of benzene rings is 1. The molecule has 0 radical (unpaired) electrons. The van der Waals surface area contributed by atoms with Crippen LogP contribution in [0.1, 0.15) is 25.6 Å². The highest BCUT2D eigenvalue weighted by Crippen LogP contribution is 2.33. The van der Waals surface area contributed by atoms with E-state index in [-0.39, 0.29) is 11.9 Å². The molecule has 1 aliphatic rings. The van der Waals surface area contributed by atoms with Gasteiger partial charge in [0.15, 0.2) is 0 Å². The Morgan fingerprint density at radius 3 is 2.84 bits per heavy atom. The van der Waals surface area contributed by atoms with E-state index in [4.69, 9.17) is 0 Å². The second-order valence-corrected chi connectivity index (χ2v) is 7.63. The molecule has 156 valence electrons. The zero-order valence-electron chi connectivity index (χ0n) is 17.6. The number of carbonyl (C=O) groups excluding carboxylic acids is 1. The van der Waals surface area contributed by atoms with Crippen LogP contribution in [0.25, 0.3) is 22.2 Å². The highest BCUT2D eigenvalue weighted by atomic mass is 16.1. The third kappa shape index (κ3) is 3.03. The highest BCUT2D eigenvalue weighted by molar-refractivity contribution is 6.07. The molecule has 31 heavy (non-hydrogen) atoms. The molecule has 0 unspecified atom stereocenters. The molecule has 1 atom stereocenters. The first kappa shape index (κ1) is 18.9. The fourth-order valence-corrected chi connectivity index (χ4v) is 3.97. The fourth-order valence-electron chi connectivity index (χ4n) is 3.97. The van der Waals surface area contributed by atoms with Gasteiger partial charge in [0.25, 0.3) is 5.91 Å². The third-order valence-electron chi connectivity index (χ3n) is 5.69. The molecule has 10 nitrogen and oxygen atoms in total. The zero-order chi connectivity index (χ0) is 21.7. The van der Waals surface area contributed by atoms with Gasteiger partial charge in [-0.15, -0.1) is 0 Å². The summed E-state index contributed by atoms with van der Waals surface area (Å²) in [6, 6.07) is 9.32. The van der Waals surface area contributed by atoms with Crippen molar-refractivity contribution in [2.45, 2.75) is 26.8 Å². The van der Waals surface area contributed by atoms with Gasteiger partial charge in [-0.3, -0.25) is 14.9 Å². The maximum absolute atomic E-state index is 13.2. The number of fused-ring (bicyclic) bond motifs is 2. The highest BCUT2D eigenvalue weighted by Gasteiger charge is 2.32. The van der Waals surface area contributed by atoms with Gasteiger partial charge in [-0.2, -0.15) is 5.10 Å². The fraction of sp³-hybridized carbons (Fsp3) is 0.238. The summed E-state index contributed by atoms with van der Waals surface area (Å²) < 4.78 is 1.64. The molecule has 0 saturated carbocycles. The minimum Gasteiger partial charge on any atom is -0.322 e. The Labute approximate surface area is 178 Å². The van der Waals surface area contributed by atoms with Gasteiger partial charge in [-0.1, -0.05) is 5.10 Å². The van der Waals surface area contributed by atoms with Gasteiger partial charge in [0.2, 0.25) is 5.95 Å². The number of hydrogen-bond acceptors (Lipinski definition) is 7. The molecule has 1 amide bonds. The van der Waals surface area contributed by atoms with Crippen molar-refractivity contribution in [1.29, 1.82) is 0 Å². The number of aromatic nitrogens is 7. The first-order chi connectivity index (χ1) is 14.9. The van der Waals surface area contributed by atoms with Crippen molar-refractivity contribution in [2.75, 3.05) is 17.3 Å². The van der Waals surface area contributed by atoms with E-state index in [9.17, 15) is 4.79 Å². The van der Waals surface area contributed by atoms with Gasteiger partial charge < -0.3 is 10.2 Å². The molecule has 0 aliphatic carbocycles. The molecule has 1 aliphatic heterocycles. The number of hydrogen-bond donors (Lipinski definition) is 2. The maximum atomic E-state index is 13.2. The zero-order valence-corrected chi connectivity index (χ0v) is 17.6. The summed E-state index contributed by atoms with van der Waals surface area (Å²) >= 11 is 0. The Hall–Kier alpha value is -4.08. The molecule has 5 rings (SSSR count). The Kier molecular flexibility index (Phi) is 4.28. The number of nitrogens with one attached hydrogen (secondary N) is 2. The van der Waals surface area contributed by atoms with E-state index in [0.717, 1.165) is 33.6 Å². The Morgan fingerprint density at radius 1 is 1.19 bits per heavy atom. The molecule has 3 aromatic heterocycles. The van der Waals surface area contributed by atoms with E-state index >= 15 is 0 Å². The molecule has 0 spiro atoms. The molecule has 1 aromatic carbocycles. The van der Waals surface area contributed by atoms with Crippen molar-refractivity contribution >= 4 is 28.4 Å². The lowest BCUT2D eigenvalue weighted by atomic mass is 10.0. The summed E-state index contributed by atoms with van der Waals surface area (Å²) in [5.41, 5.74) is 5.69. The number of allylic oxidation sites excluding steroid dienone is 1. The van der Waals surface area contributed by atoms with E-state index in [1.165, 1.54) is 0 Å². The minimum atomic E-state index is -0.283. The number of amides is 1. The molecular weight excluding hydrogens is 394 g/mol. The summed E-state index contributed by atoms with van der Waals surface area (Å²) in [5, 5.41) is 23.3. The number of aromatic amines is 1. The predicted octanol–water partition coefficient (Wildman–Crippen LogP) is 2.84.